The van der Waals surface area contributed by atoms with Crippen LogP contribution >= 0.6 is 0 Å². The molecule has 0 aliphatic heterocycles. The zero-order chi connectivity index (χ0) is 20.3. The summed E-state index contributed by atoms with van der Waals surface area (Å²) in [5, 5.41) is 21.2. The minimum absolute atomic E-state index is 0.126. The summed E-state index contributed by atoms with van der Waals surface area (Å²) < 4.78 is 38.9. The third-order valence-electron chi connectivity index (χ3n) is 3.78. The molecule has 1 atom stereocenters. The van der Waals surface area contributed by atoms with E-state index in [1.807, 2.05) is 30.3 Å². The molecule has 3 aromatic rings. The van der Waals surface area contributed by atoms with E-state index in [4.69, 9.17) is 0 Å². The van der Waals surface area contributed by atoms with Gasteiger partial charge in [0.25, 0.3) is 11.9 Å². The van der Waals surface area contributed by atoms with Crippen LogP contribution in [0.25, 0.3) is 5.95 Å². The molecule has 2 heterocycles. The van der Waals surface area contributed by atoms with Crippen LogP contribution in [-0.4, -0.2) is 53.6 Å². The second-order valence-electron chi connectivity index (χ2n) is 5.92. The van der Waals surface area contributed by atoms with E-state index in [0.717, 1.165) is 10.2 Å². The van der Waals surface area contributed by atoms with Crippen LogP contribution < -0.4 is 5.32 Å². The highest BCUT2D eigenvalue weighted by Crippen LogP contribution is 2.26. The van der Waals surface area contributed by atoms with Gasteiger partial charge in [0.05, 0.1) is 12.6 Å². The Labute approximate surface area is 156 Å². The van der Waals surface area contributed by atoms with Gasteiger partial charge in [-0.3, -0.25) is 9.89 Å². The lowest BCUT2D eigenvalue weighted by Gasteiger charge is -2.15. The highest BCUT2D eigenvalue weighted by molar-refractivity contribution is 5.90. The number of benzene rings is 1. The number of H-pyrrole nitrogens is 1. The summed E-state index contributed by atoms with van der Waals surface area (Å²) in [7, 11) is 0. The maximum Gasteiger partial charge on any atom is 0.451 e. The molecular formula is C16H16F3N7O2. The fourth-order valence-corrected chi connectivity index (χ4v) is 2.46. The Morgan fingerprint density at radius 1 is 1.29 bits per heavy atom. The number of aryl methyl sites for hydroxylation is 1. The molecule has 2 aromatic heterocycles. The van der Waals surface area contributed by atoms with Gasteiger partial charge < -0.3 is 10.4 Å². The normalized spacial score (nSPS) is 12.8. The van der Waals surface area contributed by atoms with E-state index in [2.05, 4.69) is 25.5 Å². The van der Waals surface area contributed by atoms with Crippen molar-refractivity contribution in [1.82, 2.24) is 35.3 Å². The monoisotopic (exact) mass is 395 g/mol. The Kier molecular flexibility index (Phi) is 5.40. The topological polar surface area (TPSA) is 122 Å². The number of alkyl halides is 3. The number of hydrogen-bond acceptors (Lipinski definition) is 6. The molecule has 0 saturated carbocycles. The highest BCUT2D eigenvalue weighted by Gasteiger charge is 2.35. The molecular weight excluding hydrogens is 379 g/mol. The fourth-order valence-electron chi connectivity index (χ4n) is 2.46. The number of rotatable bonds is 6. The van der Waals surface area contributed by atoms with Crippen molar-refractivity contribution < 1.29 is 23.1 Å². The van der Waals surface area contributed by atoms with Crippen LogP contribution in [0, 0.1) is 6.92 Å². The highest BCUT2D eigenvalue weighted by atomic mass is 19.4. The SMILES string of the molecule is Cc1nc(C(=O)NC(CO)Cc2ccccc2)nn1-c1n[nH]c(C(F)(F)F)n1. The van der Waals surface area contributed by atoms with Gasteiger partial charge in [-0.15, -0.1) is 10.2 Å². The number of carbonyl (C=O) groups excluding carboxylic acids is 1. The predicted molar refractivity (Wildman–Crippen MR) is 89.5 cm³/mol. The molecule has 3 N–H and O–H groups in total. The van der Waals surface area contributed by atoms with Crippen LogP contribution in [0.2, 0.25) is 0 Å². The van der Waals surface area contributed by atoms with Gasteiger partial charge in [-0.25, -0.2) is 4.98 Å². The summed E-state index contributed by atoms with van der Waals surface area (Å²) in [5.74, 6) is -2.50. The van der Waals surface area contributed by atoms with E-state index < -0.39 is 23.9 Å². The van der Waals surface area contributed by atoms with Gasteiger partial charge in [0.2, 0.25) is 11.6 Å². The summed E-state index contributed by atoms with van der Waals surface area (Å²) in [6.07, 6.45) is -4.30. The minimum Gasteiger partial charge on any atom is -0.394 e. The number of aromatic amines is 1. The molecule has 0 saturated heterocycles. The van der Waals surface area contributed by atoms with E-state index >= 15 is 0 Å². The number of halogens is 3. The number of aromatic nitrogens is 6. The molecule has 9 nitrogen and oxygen atoms in total. The number of aliphatic hydroxyl groups is 1. The van der Waals surface area contributed by atoms with E-state index in [9.17, 15) is 23.1 Å². The largest absolute Gasteiger partial charge is 0.451 e. The summed E-state index contributed by atoms with van der Waals surface area (Å²) in [6, 6.07) is 8.65. The zero-order valence-electron chi connectivity index (χ0n) is 14.6. The summed E-state index contributed by atoms with van der Waals surface area (Å²) >= 11 is 0. The number of aliphatic hydroxyl groups excluding tert-OH is 1. The first kappa shape index (κ1) is 19.5. The number of amides is 1. The van der Waals surface area contributed by atoms with Gasteiger partial charge >= 0.3 is 6.18 Å². The number of nitrogens with zero attached hydrogens (tertiary/aromatic N) is 5. The maximum atomic E-state index is 12.6. The van der Waals surface area contributed by atoms with Crippen molar-refractivity contribution in [2.24, 2.45) is 0 Å². The molecule has 1 aromatic carbocycles. The standard InChI is InChI=1S/C16H16F3N7O2/c1-9-20-12(25-26(9)15-22-14(23-24-15)16(17,18)19)13(28)21-11(8-27)7-10-5-3-2-4-6-10/h2-6,11,27H,7-8H2,1H3,(H,21,28)(H,22,23,24). The molecule has 0 spiro atoms. The molecule has 1 amide bonds. The van der Waals surface area contributed by atoms with Crippen LogP contribution in [-0.2, 0) is 12.6 Å². The van der Waals surface area contributed by atoms with E-state index in [-0.39, 0.29) is 24.2 Å². The smallest absolute Gasteiger partial charge is 0.394 e. The second kappa shape index (κ2) is 7.76. The maximum absolute atomic E-state index is 12.6. The Hall–Kier alpha value is -3.28. The second-order valence-corrected chi connectivity index (χ2v) is 5.92. The van der Waals surface area contributed by atoms with Gasteiger partial charge in [0, 0.05) is 0 Å². The van der Waals surface area contributed by atoms with Gasteiger partial charge in [-0.1, -0.05) is 30.3 Å². The van der Waals surface area contributed by atoms with Gasteiger partial charge in [-0.2, -0.15) is 22.8 Å². The Bertz CT molecular complexity index is 953. The lowest BCUT2D eigenvalue weighted by Crippen LogP contribution is -2.39. The molecule has 0 aliphatic rings. The lowest BCUT2D eigenvalue weighted by molar-refractivity contribution is -0.144. The first-order valence-corrected chi connectivity index (χ1v) is 8.17. The molecule has 1 unspecified atom stereocenters. The quantitative estimate of drug-likeness (QED) is 0.574. The Morgan fingerprint density at radius 2 is 2.00 bits per heavy atom. The van der Waals surface area contributed by atoms with Crippen LogP contribution in [0.4, 0.5) is 13.2 Å². The van der Waals surface area contributed by atoms with E-state index in [1.165, 1.54) is 6.92 Å². The van der Waals surface area contributed by atoms with Crippen molar-refractivity contribution in [3.63, 3.8) is 0 Å². The third-order valence-corrected chi connectivity index (χ3v) is 3.78. The van der Waals surface area contributed by atoms with Crippen molar-refractivity contribution >= 4 is 5.91 Å². The van der Waals surface area contributed by atoms with E-state index in [0.29, 0.717) is 6.42 Å². The van der Waals surface area contributed by atoms with Crippen molar-refractivity contribution in [1.29, 1.82) is 0 Å². The first-order valence-electron chi connectivity index (χ1n) is 8.17. The van der Waals surface area contributed by atoms with Crippen LogP contribution in [0.3, 0.4) is 0 Å². The van der Waals surface area contributed by atoms with Crippen molar-refractivity contribution in [2.45, 2.75) is 25.6 Å². The molecule has 3 rings (SSSR count). The summed E-state index contributed by atoms with van der Waals surface area (Å²) in [5.41, 5.74) is 0.914. The lowest BCUT2D eigenvalue weighted by atomic mass is 10.1. The minimum atomic E-state index is -4.69. The molecule has 0 fully saturated rings. The Morgan fingerprint density at radius 3 is 2.61 bits per heavy atom. The molecule has 148 valence electrons. The zero-order valence-corrected chi connectivity index (χ0v) is 14.6. The van der Waals surface area contributed by atoms with Crippen molar-refractivity contribution in [3.05, 3.63) is 53.4 Å². The number of hydrogen-bond donors (Lipinski definition) is 3. The van der Waals surface area contributed by atoms with Crippen molar-refractivity contribution in [2.75, 3.05) is 6.61 Å². The van der Waals surface area contributed by atoms with Gasteiger partial charge in [0.1, 0.15) is 5.82 Å². The molecule has 12 heteroatoms. The first-order chi connectivity index (χ1) is 13.3. The van der Waals surface area contributed by atoms with Crippen LogP contribution in [0.1, 0.15) is 27.8 Å². The molecule has 0 bridgehead atoms. The third kappa shape index (κ3) is 4.34. The van der Waals surface area contributed by atoms with Crippen LogP contribution in [0.5, 0.6) is 0 Å². The van der Waals surface area contributed by atoms with Crippen molar-refractivity contribution in [3.8, 4) is 5.95 Å². The predicted octanol–water partition coefficient (Wildman–Crippen LogP) is 1.05. The summed E-state index contributed by atoms with van der Waals surface area (Å²) in [6.45, 7) is 1.14. The average molecular weight is 395 g/mol. The fraction of sp³-hybridized carbons (Fsp3) is 0.312. The number of nitrogens with one attached hydrogen (secondary N) is 2. The molecule has 0 aliphatic carbocycles. The number of carbonyl (C=O) groups is 1. The van der Waals surface area contributed by atoms with Gasteiger partial charge in [-0.05, 0) is 18.9 Å². The van der Waals surface area contributed by atoms with E-state index in [1.54, 1.807) is 5.10 Å². The summed E-state index contributed by atoms with van der Waals surface area (Å²) in [4.78, 5) is 19.6. The average Bonchev–Trinajstić information content (AvgIpc) is 3.28. The van der Waals surface area contributed by atoms with Crippen LogP contribution in [0.15, 0.2) is 30.3 Å². The molecule has 28 heavy (non-hydrogen) atoms. The molecule has 0 radical (unpaired) electrons. The Balaban J connectivity index is 1.74. The van der Waals surface area contributed by atoms with Gasteiger partial charge in [0.15, 0.2) is 0 Å².